The lowest BCUT2D eigenvalue weighted by atomic mass is 10.1. The Morgan fingerprint density at radius 3 is 2.42 bits per heavy atom. The smallest absolute Gasteiger partial charge is 0.133 e. The van der Waals surface area contributed by atoms with E-state index >= 15 is 0 Å². The average Bonchev–Trinajstić information content (AvgIpc) is 2.34. The van der Waals surface area contributed by atoms with E-state index in [0.29, 0.717) is 6.42 Å². The van der Waals surface area contributed by atoms with Crippen LogP contribution in [-0.2, 0) is 13.0 Å². The van der Waals surface area contributed by atoms with Crippen molar-refractivity contribution in [1.82, 2.24) is 15.3 Å². The van der Waals surface area contributed by atoms with E-state index in [-0.39, 0.29) is 0 Å². The van der Waals surface area contributed by atoms with Crippen molar-refractivity contribution in [2.75, 3.05) is 7.05 Å². The van der Waals surface area contributed by atoms with Gasteiger partial charge in [-0.1, -0.05) is 23.7 Å². The maximum Gasteiger partial charge on any atom is 0.133 e. The van der Waals surface area contributed by atoms with E-state index in [2.05, 4.69) is 15.3 Å². The molecule has 0 aliphatic heterocycles. The van der Waals surface area contributed by atoms with Gasteiger partial charge in [-0.2, -0.15) is 0 Å². The van der Waals surface area contributed by atoms with Crippen LogP contribution in [0, 0.1) is 13.8 Å². The van der Waals surface area contributed by atoms with E-state index < -0.39 is 0 Å². The molecule has 1 N–H and O–H groups in total. The Labute approximate surface area is 119 Å². The summed E-state index contributed by atoms with van der Waals surface area (Å²) in [6, 6.07) is 7.82. The van der Waals surface area contributed by atoms with Gasteiger partial charge in [0, 0.05) is 34.9 Å². The molecule has 4 heteroatoms. The fraction of sp³-hybridized carbons (Fsp3) is 0.333. The standard InChI is InChI=1S/C15H18ClN3/c1-10-14(9-17-3)11(2)19-15(18-10)8-12-5-4-6-13(16)7-12/h4-7,17H,8-9H2,1-3H3. The number of benzene rings is 1. The summed E-state index contributed by atoms with van der Waals surface area (Å²) < 4.78 is 0. The van der Waals surface area contributed by atoms with Crippen LogP contribution >= 0.6 is 11.6 Å². The first-order valence-electron chi connectivity index (χ1n) is 6.32. The second-order valence-corrected chi connectivity index (χ2v) is 5.06. The average molecular weight is 276 g/mol. The highest BCUT2D eigenvalue weighted by Gasteiger charge is 2.08. The molecule has 0 aliphatic carbocycles. The summed E-state index contributed by atoms with van der Waals surface area (Å²) in [5.74, 6) is 0.845. The van der Waals surface area contributed by atoms with Crippen LogP contribution in [0.3, 0.4) is 0 Å². The number of aryl methyl sites for hydroxylation is 2. The third kappa shape index (κ3) is 3.52. The normalized spacial score (nSPS) is 10.7. The fourth-order valence-corrected chi connectivity index (χ4v) is 2.36. The van der Waals surface area contributed by atoms with Gasteiger partial charge in [0.05, 0.1) is 0 Å². The van der Waals surface area contributed by atoms with E-state index in [0.717, 1.165) is 34.3 Å². The van der Waals surface area contributed by atoms with Crippen molar-refractivity contribution in [2.24, 2.45) is 0 Å². The number of rotatable bonds is 4. The van der Waals surface area contributed by atoms with Gasteiger partial charge in [-0.15, -0.1) is 0 Å². The van der Waals surface area contributed by atoms with Crippen LogP contribution in [0.4, 0.5) is 0 Å². The molecular weight excluding hydrogens is 258 g/mol. The molecule has 0 aliphatic rings. The first kappa shape index (κ1) is 14.0. The van der Waals surface area contributed by atoms with Crippen molar-refractivity contribution in [1.29, 1.82) is 0 Å². The Morgan fingerprint density at radius 1 is 1.16 bits per heavy atom. The van der Waals surface area contributed by atoms with Crippen LogP contribution in [0.15, 0.2) is 24.3 Å². The maximum atomic E-state index is 5.99. The lowest BCUT2D eigenvalue weighted by Crippen LogP contribution is -2.12. The Morgan fingerprint density at radius 2 is 1.84 bits per heavy atom. The first-order chi connectivity index (χ1) is 9.10. The summed E-state index contributed by atoms with van der Waals surface area (Å²) in [5.41, 5.74) is 4.39. The lowest BCUT2D eigenvalue weighted by molar-refractivity contribution is 0.773. The molecule has 0 atom stereocenters. The molecule has 1 heterocycles. The van der Waals surface area contributed by atoms with Gasteiger partial charge >= 0.3 is 0 Å². The van der Waals surface area contributed by atoms with Gasteiger partial charge < -0.3 is 5.32 Å². The molecule has 19 heavy (non-hydrogen) atoms. The summed E-state index contributed by atoms with van der Waals surface area (Å²) >= 11 is 5.99. The minimum atomic E-state index is 0.710. The summed E-state index contributed by atoms with van der Waals surface area (Å²) in [6.07, 6.45) is 0.710. The van der Waals surface area contributed by atoms with Crippen molar-refractivity contribution in [2.45, 2.75) is 26.8 Å². The minimum Gasteiger partial charge on any atom is -0.316 e. The summed E-state index contributed by atoms with van der Waals surface area (Å²) in [4.78, 5) is 9.17. The quantitative estimate of drug-likeness (QED) is 0.932. The molecule has 0 radical (unpaired) electrons. The Hall–Kier alpha value is -1.45. The SMILES string of the molecule is CNCc1c(C)nc(Cc2cccc(Cl)c2)nc1C. The number of aromatic nitrogens is 2. The van der Waals surface area contributed by atoms with Crippen molar-refractivity contribution >= 4 is 11.6 Å². The molecule has 1 aromatic carbocycles. The molecule has 0 saturated carbocycles. The largest absolute Gasteiger partial charge is 0.316 e. The van der Waals surface area contributed by atoms with Crippen LogP contribution in [-0.4, -0.2) is 17.0 Å². The molecule has 1 aromatic heterocycles. The second kappa shape index (κ2) is 6.13. The van der Waals surface area contributed by atoms with E-state index in [1.807, 2.05) is 45.2 Å². The van der Waals surface area contributed by atoms with E-state index in [9.17, 15) is 0 Å². The molecular formula is C15H18ClN3. The van der Waals surface area contributed by atoms with Crippen molar-refractivity contribution < 1.29 is 0 Å². The van der Waals surface area contributed by atoms with Crippen molar-refractivity contribution in [3.8, 4) is 0 Å². The van der Waals surface area contributed by atoms with Gasteiger partial charge in [0.1, 0.15) is 5.82 Å². The van der Waals surface area contributed by atoms with E-state index in [1.165, 1.54) is 5.56 Å². The monoisotopic (exact) mass is 275 g/mol. The Kier molecular flexibility index (Phi) is 4.51. The molecule has 0 fully saturated rings. The topological polar surface area (TPSA) is 37.8 Å². The second-order valence-electron chi connectivity index (χ2n) is 4.63. The highest BCUT2D eigenvalue weighted by atomic mass is 35.5. The van der Waals surface area contributed by atoms with E-state index in [4.69, 9.17) is 11.6 Å². The van der Waals surface area contributed by atoms with Crippen LogP contribution in [0.25, 0.3) is 0 Å². The molecule has 0 bridgehead atoms. The zero-order chi connectivity index (χ0) is 13.8. The molecule has 0 spiro atoms. The number of nitrogens with zero attached hydrogens (tertiary/aromatic N) is 2. The third-order valence-corrected chi connectivity index (χ3v) is 3.31. The summed E-state index contributed by atoms with van der Waals surface area (Å²) in [7, 11) is 1.93. The molecule has 3 nitrogen and oxygen atoms in total. The highest BCUT2D eigenvalue weighted by Crippen LogP contribution is 2.15. The number of nitrogens with one attached hydrogen (secondary N) is 1. The van der Waals surface area contributed by atoms with Crippen molar-refractivity contribution in [3.63, 3.8) is 0 Å². The molecule has 2 rings (SSSR count). The number of halogens is 1. The first-order valence-corrected chi connectivity index (χ1v) is 6.70. The predicted octanol–water partition coefficient (Wildman–Crippen LogP) is 3.06. The van der Waals surface area contributed by atoms with Crippen LogP contribution in [0.1, 0.15) is 28.3 Å². The van der Waals surface area contributed by atoms with Gasteiger partial charge in [0.25, 0.3) is 0 Å². The highest BCUT2D eigenvalue weighted by molar-refractivity contribution is 6.30. The third-order valence-electron chi connectivity index (χ3n) is 3.07. The van der Waals surface area contributed by atoms with Crippen molar-refractivity contribution in [3.05, 3.63) is 57.6 Å². The molecule has 0 saturated heterocycles. The summed E-state index contributed by atoms with van der Waals surface area (Å²) in [5, 5.41) is 3.89. The zero-order valence-corrected chi connectivity index (χ0v) is 12.3. The van der Waals surface area contributed by atoms with E-state index in [1.54, 1.807) is 0 Å². The lowest BCUT2D eigenvalue weighted by Gasteiger charge is -2.10. The van der Waals surface area contributed by atoms with Crippen LogP contribution in [0.2, 0.25) is 5.02 Å². The van der Waals surface area contributed by atoms with Gasteiger partial charge in [0.15, 0.2) is 0 Å². The van der Waals surface area contributed by atoms with Gasteiger partial charge in [-0.05, 0) is 38.6 Å². The van der Waals surface area contributed by atoms with Gasteiger partial charge in [-0.25, -0.2) is 9.97 Å². The molecule has 0 unspecified atom stereocenters. The fourth-order valence-electron chi connectivity index (χ4n) is 2.15. The predicted molar refractivity (Wildman–Crippen MR) is 78.5 cm³/mol. The number of hydrogen-bond acceptors (Lipinski definition) is 3. The molecule has 2 aromatic rings. The Bertz CT molecular complexity index is 558. The molecule has 0 amide bonds. The summed E-state index contributed by atoms with van der Waals surface area (Å²) in [6.45, 7) is 4.86. The van der Waals surface area contributed by atoms with Crippen LogP contribution in [0.5, 0.6) is 0 Å². The number of hydrogen-bond donors (Lipinski definition) is 1. The Balaban J connectivity index is 2.27. The molecule has 100 valence electrons. The van der Waals surface area contributed by atoms with Gasteiger partial charge in [-0.3, -0.25) is 0 Å². The maximum absolute atomic E-state index is 5.99. The van der Waals surface area contributed by atoms with Gasteiger partial charge in [0.2, 0.25) is 0 Å². The van der Waals surface area contributed by atoms with Crippen LogP contribution < -0.4 is 5.32 Å². The minimum absolute atomic E-state index is 0.710. The zero-order valence-electron chi connectivity index (χ0n) is 11.5.